The summed E-state index contributed by atoms with van der Waals surface area (Å²) < 4.78 is 40.6. The molecule has 1 aromatic rings. The number of rotatable bonds is 5. The normalized spacial score (nSPS) is 24.2. The van der Waals surface area contributed by atoms with Crippen molar-refractivity contribution in [2.24, 2.45) is 5.92 Å². The molecule has 0 amide bonds. The molecule has 1 atom stereocenters. The van der Waals surface area contributed by atoms with Crippen molar-refractivity contribution in [3.8, 4) is 0 Å². The lowest BCUT2D eigenvalue weighted by molar-refractivity contribution is 0.0277. The lowest BCUT2D eigenvalue weighted by Gasteiger charge is -2.37. The standard InChI is InChI=1S/C14H20FNO3S/c1-3-14(10-6-11(17)7-10)16-20(18,19)12-5-4-9(2)13(15)8-12/h4-5,8,10-11,14,16-17H,3,6-7H2,1-2H3/t10?,11?,14-/m0/s1. The van der Waals surface area contributed by atoms with Crippen molar-refractivity contribution >= 4 is 10.0 Å². The predicted molar refractivity (Wildman–Crippen MR) is 74.3 cm³/mol. The van der Waals surface area contributed by atoms with Gasteiger partial charge in [0.25, 0.3) is 0 Å². The fraction of sp³-hybridized carbons (Fsp3) is 0.571. The zero-order valence-corrected chi connectivity index (χ0v) is 12.5. The summed E-state index contributed by atoms with van der Waals surface area (Å²) in [6.07, 6.45) is 1.55. The Hall–Kier alpha value is -0.980. The van der Waals surface area contributed by atoms with E-state index in [-0.39, 0.29) is 23.0 Å². The van der Waals surface area contributed by atoms with E-state index in [1.165, 1.54) is 12.1 Å². The molecule has 0 aromatic heterocycles. The molecule has 1 saturated carbocycles. The second kappa shape index (κ2) is 5.79. The van der Waals surface area contributed by atoms with Crippen LogP contribution < -0.4 is 4.72 Å². The van der Waals surface area contributed by atoms with Crippen molar-refractivity contribution in [1.29, 1.82) is 0 Å². The van der Waals surface area contributed by atoms with E-state index < -0.39 is 15.8 Å². The van der Waals surface area contributed by atoms with Gasteiger partial charge in [-0.2, -0.15) is 0 Å². The number of nitrogens with one attached hydrogen (secondary N) is 1. The number of halogens is 1. The molecule has 112 valence electrons. The van der Waals surface area contributed by atoms with Crippen LogP contribution in [0.25, 0.3) is 0 Å². The Labute approximate surface area is 119 Å². The Bertz CT molecular complexity index is 582. The van der Waals surface area contributed by atoms with Crippen molar-refractivity contribution in [1.82, 2.24) is 4.72 Å². The number of benzene rings is 1. The maximum Gasteiger partial charge on any atom is 0.240 e. The van der Waals surface area contributed by atoms with Gasteiger partial charge in [0.05, 0.1) is 11.0 Å². The van der Waals surface area contributed by atoms with Crippen LogP contribution in [-0.2, 0) is 10.0 Å². The number of hydrogen-bond donors (Lipinski definition) is 2. The zero-order valence-electron chi connectivity index (χ0n) is 11.6. The maximum atomic E-state index is 13.5. The third kappa shape index (κ3) is 3.19. The molecule has 0 saturated heterocycles. The lowest BCUT2D eigenvalue weighted by atomic mass is 9.77. The summed E-state index contributed by atoms with van der Waals surface area (Å²) in [6, 6.07) is 3.69. The minimum absolute atomic E-state index is 0.0566. The first-order valence-corrected chi connectivity index (χ1v) is 8.28. The van der Waals surface area contributed by atoms with Crippen molar-refractivity contribution in [2.45, 2.75) is 50.2 Å². The minimum atomic E-state index is -3.72. The summed E-state index contributed by atoms with van der Waals surface area (Å²) >= 11 is 0. The number of aryl methyl sites for hydroxylation is 1. The first-order chi connectivity index (χ1) is 9.33. The highest BCUT2D eigenvalue weighted by Gasteiger charge is 2.35. The molecular formula is C14H20FNO3S. The summed E-state index contributed by atoms with van der Waals surface area (Å²) in [4.78, 5) is -0.0566. The average molecular weight is 301 g/mol. The molecule has 0 unspecified atom stereocenters. The maximum absolute atomic E-state index is 13.5. The van der Waals surface area contributed by atoms with Gasteiger partial charge in [0.1, 0.15) is 5.82 Å². The van der Waals surface area contributed by atoms with Crippen LogP contribution in [0.2, 0.25) is 0 Å². The van der Waals surface area contributed by atoms with E-state index in [4.69, 9.17) is 0 Å². The summed E-state index contributed by atoms with van der Waals surface area (Å²) in [6.45, 7) is 3.48. The smallest absolute Gasteiger partial charge is 0.240 e. The highest BCUT2D eigenvalue weighted by atomic mass is 32.2. The van der Waals surface area contributed by atoms with Gasteiger partial charge in [0.2, 0.25) is 10.0 Å². The first-order valence-electron chi connectivity index (χ1n) is 6.80. The fourth-order valence-corrected chi connectivity index (χ4v) is 3.88. The Morgan fingerprint density at radius 1 is 1.45 bits per heavy atom. The molecule has 6 heteroatoms. The van der Waals surface area contributed by atoms with Crippen LogP contribution in [0.15, 0.2) is 23.1 Å². The van der Waals surface area contributed by atoms with Gasteiger partial charge in [-0.25, -0.2) is 17.5 Å². The van der Waals surface area contributed by atoms with Gasteiger partial charge in [-0.1, -0.05) is 13.0 Å². The largest absolute Gasteiger partial charge is 0.393 e. The molecule has 1 aliphatic rings. The van der Waals surface area contributed by atoms with Gasteiger partial charge >= 0.3 is 0 Å². The third-order valence-electron chi connectivity index (χ3n) is 3.92. The molecular weight excluding hydrogens is 281 g/mol. The number of sulfonamides is 1. The van der Waals surface area contributed by atoms with E-state index >= 15 is 0 Å². The Morgan fingerprint density at radius 2 is 2.10 bits per heavy atom. The van der Waals surface area contributed by atoms with E-state index in [0.29, 0.717) is 24.8 Å². The second-order valence-corrected chi connectivity index (χ2v) is 7.15. The van der Waals surface area contributed by atoms with Crippen LogP contribution in [0.4, 0.5) is 4.39 Å². The number of aliphatic hydroxyl groups excluding tert-OH is 1. The minimum Gasteiger partial charge on any atom is -0.393 e. The quantitative estimate of drug-likeness (QED) is 0.873. The Morgan fingerprint density at radius 3 is 2.60 bits per heavy atom. The zero-order chi connectivity index (χ0) is 14.9. The molecule has 1 aromatic carbocycles. The van der Waals surface area contributed by atoms with Gasteiger partial charge < -0.3 is 5.11 Å². The molecule has 4 nitrogen and oxygen atoms in total. The van der Waals surface area contributed by atoms with Crippen molar-refractivity contribution in [3.63, 3.8) is 0 Å². The predicted octanol–water partition coefficient (Wildman–Crippen LogP) is 1.96. The molecule has 0 heterocycles. The van der Waals surface area contributed by atoms with Crippen LogP contribution in [0.1, 0.15) is 31.7 Å². The summed E-state index contributed by atoms with van der Waals surface area (Å²) in [5.74, 6) is -0.375. The van der Waals surface area contributed by atoms with E-state index in [1.54, 1.807) is 6.92 Å². The molecule has 1 fully saturated rings. The molecule has 2 rings (SSSR count). The second-order valence-electron chi connectivity index (χ2n) is 5.43. The van der Waals surface area contributed by atoms with Crippen LogP contribution in [0, 0.1) is 18.7 Å². The summed E-state index contributed by atoms with van der Waals surface area (Å²) in [5.41, 5.74) is 0.415. The molecule has 1 aliphatic carbocycles. The van der Waals surface area contributed by atoms with E-state index in [2.05, 4.69) is 4.72 Å². The van der Waals surface area contributed by atoms with Gasteiger partial charge in [-0.3, -0.25) is 0 Å². The van der Waals surface area contributed by atoms with Crippen LogP contribution in [-0.4, -0.2) is 25.7 Å². The summed E-state index contributed by atoms with van der Waals surface area (Å²) in [7, 11) is -3.72. The molecule has 0 bridgehead atoms. The van der Waals surface area contributed by atoms with E-state index in [1.807, 2.05) is 6.92 Å². The SMILES string of the molecule is CC[C@H](NS(=O)(=O)c1ccc(C)c(F)c1)C1CC(O)C1. The highest BCUT2D eigenvalue weighted by Crippen LogP contribution is 2.32. The van der Waals surface area contributed by atoms with Crippen LogP contribution in [0.3, 0.4) is 0 Å². The number of hydrogen-bond acceptors (Lipinski definition) is 3. The van der Waals surface area contributed by atoms with E-state index in [9.17, 15) is 17.9 Å². The Kier molecular flexibility index (Phi) is 4.46. The molecule has 20 heavy (non-hydrogen) atoms. The van der Waals surface area contributed by atoms with Gasteiger partial charge in [0, 0.05) is 6.04 Å². The molecule has 0 aliphatic heterocycles. The first kappa shape index (κ1) is 15.4. The van der Waals surface area contributed by atoms with E-state index in [0.717, 1.165) is 6.07 Å². The average Bonchev–Trinajstić information content (AvgIpc) is 2.35. The van der Waals surface area contributed by atoms with Gasteiger partial charge in [0.15, 0.2) is 0 Å². The highest BCUT2D eigenvalue weighted by molar-refractivity contribution is 7.89. The van der Waals surface area contributed by atoms with Crippen molar-refractivity contribution < 1.29 is 17.9 Å². The van der Waals surface area contributed by atoms with Crippen LogP contribution in [0.5, 0.6) is 0 Å². The third-order valence-corrected chi connectivity index (χ3v) is 5.41. The van der Waals surface area contributed by atoms with Crippen LogP contribution >= 0.6 is 0 Å². The lowest BCUT2D eigenvalue weighted by Crippen LogP contribution is -2.46. The monoisotopic (exact) mass is 301 g/mol. The van der Waals surface area contributed by atoms with Gasteiger partial charge in [-0.15, -0.1) is 0 Å². The molecule has 2 N–H and O–H groups in total. The number of aliphatic hydroxyl groups is 1. The Balaban J connectivity index is 2.15. The molecule has 0 radical (unpaired) electrons. The van der Waals surface area contributed by atoms with Crippen molar-refractivity contribution in [2.75, 3.05) is 0 Å². The molecule has 0 spiro atoms. The fourth-order valence-electron chi connectivity index (χ4n) is 2.48. The van der Waals surface area contributed by atoms with Crippen molar-refractivity contribution in [3.05, 3.63) is 29.6 Å². The topological polar surface area (TPSA) is 66.4 Å². The van der Waals surface area contributed by atoms with Gasteiger partial charge in [-0.05, 0) is 49.8 Å². The summed E-state index contributed by atoms with van der Waals surface area (Å²) in [5, 5.41) is 9.32.